The van der Waals surface area contributed by atoms with Gasteiger partial charge >= 0.3 is 0 Å². The summed E-state index contributed by atoms with van der Waals surface area (Å²) < 4.78 is 2.02. The van der Waals surface area contributed by atoms with Crippen molar-refractivity contribution in [1.29, 1.82) is 0 Å². The molecule has 1 heterocycles. The van der Waals surface area contributed by atoms with Gasteiger partial charge in [-0.25, -0.2) is 9.67 Å². The molecular formula is C13H26N4. The fourth-order valence-electron chi connectivity index (χ4n) is 2.30. The zero-order chi connectivity index (χ0) is 13.1. The van der Waals surface area contributed by atoms with Crippen molar-refractivity contribution < 1.29 is 0 Å². The zero-order valence-electron chi connectivity index (χ0n) is 11.8. The molecule has 1 aromatic rings. The molecule has 0 spiro atoms. The lowest BCUT2D eigenvalue weighted by atomic mass is 9.83. The third-order valence-electron chi connectivity index (χ3n) is 2.75. The van der Waals surface area contributed by atoms with E-state index in [1.807, 2.05) is 4.68 Å². The summed E-state index contributed by atoms with van der Waals surface area (Å²) in [4.78, 5) is 4.37. The molecule has 0 saturated heterocycles. The molecule has 0 aromatic carbocycles. The maximum Gasteiger partial charge on any atom is 0.138 e. The van der Waals surface area contributed by atoms with Crippen LogP contribution in [0.1, 0.15) is 46.9 Å². The fourth-order valence-corrected chi connectivity index (χ4v) is 2.30. The van der Waals surface area contributed by atoms with E-state index in [0.29, 0.717) is 5.92 Å². The van der Waals surface area contributed by atoms with Crippen molar-refractivity contribution in [1.82, 2.24) is 14.8 Å². The molecule has 1 rings (SSSR count). The zero-order valence-corrected chi connectivity index (χ0v) is 11.8. The van der Waals surface area contributed by atoms with Crippen molar-refractivity contribution in [3.63, 3.8) is 0 Å². The van der Waals surface area contributed by atoms with Crippen molar-refractivity contribution in [3.05, 3.63) is 12.2 Å². The molecule has 0 radical (unpaired) electrons. The van der Waals surface area contributed by atoms with Gasteiger partial charge in [0, 0.05) is 19.0 Å². The molecule has 17 heavy (non-hydrogen) atoms. The highest BCUT2D eigenvalue weighted by Gasteiger charge is 2.23. The quantitative estimate of drug-likeness (QED) is 0.827. The number of nitrogens with two attached hydrogens (primary N) is 1. The summed E-state index contributed by atoms with van der Waals surface area (Å²) in [6.07, 6.45) is 3.59. The molecule has 1 aromatic heterocycles. The van der Waals surface area contributed by atoms with Gasteiger partial charge in [0.25, 0.3) is 0 Å². The first kappa shape index (κ1) is 14.2. The molecule has 0 amide bonds. The van der Waals surface area contributed by atoms with Crippen LogP contribution in [-0.4, -0.2) is 20.8 Å². The van der Waals surface area contributed by atoms with Crippen LogP contribution < -0.4 is 5.73 Å². The van der Waals surface area contributed by atoms with Crippen LogP contribution in [0.4, 0.5) is 0 Å². The summed E-state index contributed by atoms with van der Waals surface area (Å²) in [6, 6.07) is 0.228. The average Bonchev–Trinajstić information content (AvgIpc) is 2.48. The highest BCUT2D eigenvalue weighted by Crippen LogP contribution is 2.26. The summed E-state index contributed by atoms with van der Waals surface area (Å²) in [7, 11) is 0. The average molecular weight is 238 g/mol. The molecule has 4 heteroatoms. The first-order valence-electron chi connectivity index (χ1n) is 6.42. The van der Waals surface area contributed by atoms with Crippen molar-refractivity contribution in [3.8, 4) is 0 Å². The third-order valence-corrected chi connectivity index (χ3v) is 2.75. The standard InChI is InChI=1S/C13H26N4/c1-10(2)8-17-12(15-9-16-17)7-13(4,5)6-11(3)14/h9-11H,6-8,14H2,1-5H3. The minimum absolute atomic E-state index is 0.177. The number of hydrogen-bond acceptors (Lipinski definition) is 3. The Balaban J connectivity index is 2.70. The monoisotopic (exact) mass is 238 g/mol. The van der Waals surface area contributed by atoms with E-state index in [9.17, 15) is 0 Å². The van der Waals surface area contributed by atoms with Crippen LogP contribution in [0.15, 0.2) is 6.33 Å². The van der Waals surface area contributed by atoms with Crippen LogP contribution in [0.5, 0.6) is 0 Å². The second-order valence-electron chi connectivity index (χ2n) is 6.27. The second-order valence-corrected chi connectivity index (χ2v) is 6.27. The summed E-state index contributed by atoms with van der Waals surface area (Å²) >= 11 is 0. The van der Waals surface area contributed by atoms with Crippen LogP contribution in [0, 0.1) is 11.3 Å². The Morgan fingerprint density at radius 1 is 1.35 bits per heavy atom. The maximum atomic E-state index is 5.88. The molecule has 98 valence electrons. The lowest BCUT2D eigenvalue weighted by Crippen LogP contribution is -2.28. The van der Waals surface area contributed by atoms with Gasteiger partial charge in [0.2, 0.25) is 0 Å². The smallest absolute Gasteiger partial charge is 0.138 e. The Morgan fingerprint density at radius 3 is 2.53 bits per heavy atom. The summed E-state index contributed by atoms with van der Waals surface area (Å²) in [5, 5.41) is 4.29. The fraction of sp³-hybridized carbons (Fsp3) is 0.846. The van der Waals surface area contributed by atoms with Gasteiger partial charge in [-0.1, -0.05) is 27.7 Å². The van der Waals surface area contributed by atoms with E-state index < -0.39 is 0 Å². The predicted molar refractivity (Wildman–Crippen MR) is 70.6 cm³/mol. The van der Waals surface area contributed by atoms with Crippen LogP contribution >= 0.6 is 0 Å². The van der Waals surface area contributed by atoms with Gasteiger partial charge in [-0.3, -0.25) is 0 Å². The molecule has 0 aliphatic rings. The Bertz CT molecular complexity index is 339. The number of hydrogen-bond donors (Lipinski definition) is 1. The Morgan fingerprint density at radius 2 is 2.00 bits per heavy atom. The molecule has 0 fully saturated rings. The van der Waals surface area contributed by atoms with E-state index in [2.05, 4.69) is 44.7 Å². The first-order valence-corrected chi connectivity index (χ1v) is 6.42. The van der Waals surface area contributed by atoms with Crippen molar-refractivity contribution in [2.24, 2.45) is 17.1 Å². The van der Waals surface area contributed by atoms with Gasteiger partial charge in [-0.2, -0.15) is 5.10 Å². The molecule has 0 aliphatic carbocycles. The summed E-state index contributed by atoms with van der Waals surface area (Å²) in [5.74, 6) is 1.66. The van der Waals surface area contributed by atoms with Gasteiger partial charge in [0.15, 0.2) is 0 Å². The maximum absolute atomic E-state index is 5.88. The minimum atomic E-state index is 0.177. The molecular weight excluding hydrogens is 212 g/mol. The van der Waals surface area contributed by atoms with E-state index in [-0.39, 0.29) is 11.5 Å². The van der Waals surface area contributed by atoms with Crippen molar-refractivity contribution >= 4 is 0 Å². The molecule has 1 unspecified atom stereocenters. The minimum Gasteiger partial charge on any atom is -0.328 e. The second kappa shape index (κ2) is 5.63. The predicted octanol–water partition coefficient (Wildman–Crippen LogP) is 2.24. The van der Waals surface area contributed by atoms with E-state index in [4.69, 9.17) is 5.73 Å². The topological polar surface area (TPSA) is 56.7 Å². The van der Waals surface area contributed by atoms with Gasteiger partial charge < -0.3 is 5.73 Å². The SMILES string of the molecule is CC(C)Cn1ncnc1CC(C)(C)CC(C)N. The summed E-state index contributed by atoms with van der Waals surface area (Å²) in [6.45, 7) is 11.9. The van der Waals surface area contributed by atoms with E-state index in [0.717, 1.165) is 25.2 Å². The Hall–Kier alpha value is -0.900. The van der Waals surface area contributed by atoms with Crippen LogP contribution in [0.3, 0.4) is 0 Å². The van der Waals surface area contributed by atoms with Gasteiger partial charge in [0.05, 0.1) is 0 Å². The third kappa shape index (κ3) is 4.86. The van der Waals surface area contributed by atoms with Gasteiger partial charge in [-0.05, 0) is 24.7 Å². The van der Waals surface area contributed by atoms with E-state index >= 15 is 0 Å². The van der Waals surface area contributed by atoms with Gasteiger partial charge in [-0.15, -0.1) is 0 Å². The lowest BCUT2D eigenvalue weighted by Gasteiger charge is -2.26. The van der Waals surface area contributed by atoms with Crippen molar-refractivity contribution in [2.75, 3.05) is 0 Å². The molecule has 4 nitrogen and oxygen atoms in total. The van der Waals surface area contributed by atoms with Crippen LogP contribution in [-0.2, 0) is 13.0 Å². The first-order chi connectivity index (χ1) is 7.80. The molecule has 2 N–H and O–H groups in total. The molecule has 0 bridgehead atoms. The number of aromatic nitrogens is 3. The molecule has 0 saturated carbocycles. The lowest BCUT2D eigenvalue weighted by molar-refractivity contribution is 0.294. The highest BCUT2D eigenvalue weighted by atomic mass is 15.3. The normalized spacial score (nSPS) is 14.3. The molecule has 1 atom stereocenters. The highest BCUT2D eigenvalue weighted by molar-refractivity contribution is 4.92. The summed E-state index contributed by atoms with van der Waals surface area (Å²) in [5.41, 5.74) is 6.06. The number of rotatable bonds is 6. The van der Waals surface area contributed by atoms with Crippen LogP contribution in [0.25, 0.3) is 0 Å². The van der Waals surface area contributed by atoms with E-state index in [1.165, 1.54) is 0 Å². The van der Waals surface area contributed by atoms with Crippen molar-refractivity contribution in [2.45, 2.75) is 60.0 Å². The van der Waals surface area contributed by atoms with E-state index in [1.54, 1.807) is 6.33 Å². The Labute approximate surface area is 105 Å². The number of nitrogens with zero attached hydrogens (tertiary/aromatic N) is 3. The largest absolute Gasteiger partial charge is 0.328 e. The molecule has 0 aliphatic heterocycles. The van der Waals surface area contributed by atoms with Crippen LogP contribution in [0.2, 0.25) is 0 Å². The Kier molecular flexibility index (Phi) is 4.69. The van der Waals surface area contributed by atoms with Gasteiger partial charge in [0.1, 0.15) is 12.2 Å².